The van der Waals surface area contributed by atoms with Crippen LogP contribution in [0.25, 0.3) is 76.2 Å². The molecule has 9 aromatic carbocycles. The first-order valence-corrected chi connectivity index (χ1v) is 16.4. The molecule has 0 amide bonds. The number of para-hydroxylation sites is 1. The molecule has 0 spiro atoms. The molecule has 0 N–H and O–H groups in total. The summed E-state index contributed by atoms with van der Waals surface area (Å²) in [6, 6.07) is 63.4. The first-order valence-electron chi connectivity index (χ1n) is 16.4. The average Bonchev–Trinajstić information content (AvgIpc) is 3.54. The third-order valence-electron chi connectivity index (χ3n) is 9.83. The molecule has 0 saturated heterocycles. The van der Waals surface area contributed by atoms with E-state index in [2.05, 4.69) is 169 Å². The highest BCUT2D eigenvalue weighted by Gasteiger charge is 2.20. The zero-order chi connectivity index (χ0) is 31.6. The van der Waals surface area contributed by atoms with Crippen LogP contribution in [0.1, 0.15) is 0 Å². The molecular weight excluding hydrogens is 583 g/mol. The van der Waals surface area contributed by atoms with E-state index in [0.717, 1.165) is 39.0 Å². The zero-order valence-corrected chi connectivity index (χ0v) is 26.1. The van der Waals surface area contributed by atoms with Crippen molar-refractivity contribution in [2.45, 2.75) is 0 Å². The summed E-state index contributed by atoms with van der Waals surface area (Å²) in [6.45, 7) is 0. The number of rotatable bonds is 4. The van der Waals surface area contributed by atoms with E-state index in [1.54, 1.807) is 0 Å². The van der Waals surface area contributed by atoms with E-state index in [9.17, 15) is 0 Å². The van der Waals surface area contributed by atoms with Gasteiger partial charge in [-0.3, -0.25) is 0 Å². The molecule has 0 aliphatic rings. The van der Waals surface area contributed by atoms with E-state index in [4.69, 9.17) is 4.42 Å². The number of hydrogen-bond donors (Lipinski definition) is 0. The highest BCUT2D eigenvalue weighted by molar-refractivity contribution is 6.18. The summed E-state index contributed by atoms with van der Waals surface area (Å²) in [5.41, 5.74) is 7.47. The molecule has 0 atom stereocenters. The van der Waals surface area contributed by atoms with Crippen molar-refractivity contribution >= 4 is 82.1 Å². The van der Waals surface area contributed by atoms with Gasteiger partial charge in [-0.2, -0.15) is 0 Å². The van der Waals surface area contributed by atoms with Gasteiger partial charge < -0.3 is 9.32 Å². The lowest BCUT2D eigenvalue weighted by atomic mass is 9.96. The maximum atomic E-state index is 6.36. The fourth-order valence-corrected chi connectivity index (χ4v) is 7.59. The van der Waals surface area contributed by atoms with Crippen molar-refractivity contribution in [1.82, 2.24) is 0 Å². The predicted molar refractivity (Wildman–Crippen MR) is 204 cm³/mol. The molecule has 10 rings (SSSR count). The smallest absolute Gasteiger partial charge is 0.137 e. The van der Waals surface area contributed by atoms with Crippen molar-refractivity contribution in [3.8, 4) is 11.1 Å². The summed E-state index contributed by atoms with van der Waals surface area (Å²) < 4.78 is 6.36. The van der Waals surface area contributed by atoms with Gasteiger partial charge in [-0.15, -0.1) is 0 Å². The van der Waals surface area contributed by atoms with Gasteiger partial charge in [0.25, 0.3) is 0 Å². The first-order chi connectivity index (χ1) is 23.8. The Kier molecular flexibility index (Phi) is 5.91. The van der Waals surface area contributed by atoms with Crippen molar-refractivity contribution in [2.24, 2.45) is 0 Å². The molecule has 0 radical (unpaired) electrons. The van der Waals surface area contributed by atoms with Crippen LogP contribution >= 0.6 is 0 Å². The molecule has 48 heavy (non-hydrogen) atoms. The second-order valence-electron chi connectivity index (χ2n) is 12.5. The molecule has 0 aliphatic carbocycles. The number of anilines is 3. The van der Waals surface area contributed by atoms with Crippen molar-refractivity contribution in [3.63, 3.8) is 0 Å². The minimum absolute atomic E-state index is 0.879. The molecule has 0 unspecified atom stereocenters. The Morgan fingerprint density at radius 3 is 1.77 bits per heavy atom. The first kappa shape index (κ1) is 26.8. The Labute approximate surface area is 277 Å². The second-order valence-corrected chi connectivity index (χ2v) is 12.5. The monoisotopic (exact) mass is 611 g/mol. The third kappa shape index (κ3) is 4.13. The molecule has 2 heteroatoms. The van der Waals surface area contributed by atoms with Crippen LogP contribution in [-0.2, 0) is 0 Å². The number of hydrogen-bond acceptors (Lipinski definition) is 2. The lowest BCUT2D eigenvalue weighted by Gasteiger charge is -2.27. The molecule has 0 saturated carbocycles. The standard InChI is InChI=1S/C46H29NO/c1-3-12-36-30(9-1)11-7-15-37(36)32-19-23-34(24-20-32)47(43-16-8-18-45-46(43)42-14-5-6-17-44(42)48-45)35-25-28-39-33(29-35)22-27-40-38-13-4-2-10-31(38)21-26-41(39)40/h1-29H. The zero-order valence-electron chi connectivity index (χ0n) is 26.1. The SMILES string of the molecule is c1ccc2c(-c3ccc(N(c4ccc5c(ccc6c7ccccc7ccc56)c4)c4cccc5oc6ccccc6c45)cc3)cccc2c1. The van der Waals surface area contributed by atoms with Crippen LogP contribution in [0.5, 0.6) is 0 Å². The van der Waals surface area contributed by atoms with Crippen molar-refractivity contribution in [3.05, 3.63) is 176 Å². The lowest BCUT2D eigenvalue weighted by Crippen LogP contribution is -2.10. The fraction of sp³-hybridized carbons (Fsp3) is 0. The maximum absolute atomic E-state index is 6.36. The summed E-state index contributed by atoms with van der Waals surface area (Å²) in [5.74, 6) is 0. The highest BCUT2D eigenvalue weighted by atomic mass is 16.3. The number of benzene rings is 9. The minimum atomic E-state index is 0.879. The summed E-state index contributed by atoms with van der Waals surface area (Å²) in [5, 5.41) is 12.3. The Morgan fingerprint density at radius 1 is 0.354 bits per heavy atom. The second kappa shape index (κ2) is 10.6. The lowest BCUT2D eigenvalue weighted by molar-refractivity contribution is 0.669. The van der Waals surface area contributed by atoms with Gasteiger partial charge in [-0.05, 0) is 96.7 Å². The maximum Gasteiger partial charge on any atom is 0.137 e. The van der Waals surface area contributed by atoms with E-state index < -0.39 is 0 Å². The number of fused-ring (bicyclic) bond motifs is 9. The molecular formula is C46H29NO. The predicted octanol–water partition coefficient (Wildman–Crippen LogP) is 13.3. The van der Waals surface area contributed by atoms with E-state index in [0.29, 0.717) is 0 Å². The van der Waals surface area contributed by atoms with E-state index in [-0.39, 0.29) is 0 Å². The molecule has 224 valence electrons. The topological polar surface area (TPSA) is 16.4 Å². The quantitative estimate of drug-likeness (QED) is 0.184. The third-order valence-corrected chi connectivity index (χ3v) is 9.83. The van der Waals surface area contributed by atoms with Crippen molar-refractivity contribution in [2.75, 3.05) is 4.90 Å². The van der Waals surface area contributed by atoms with Gasteiger partial charge in [0.15, 0.2) is 0 Å². The molecule has 0 aliphatic heterocycles. The number of furan rings is 1. The average molecular weight is 612 g/mol. The van der Waals surface area contributed by atoms with Crippen LogP contribution in [0.15, 0.2) is 180 Å². The molecule has 2 nitrogen and oxygen atoms in total. The molecule has 1 heterocycles. The normalized spacial score (nSPS) is 11.8. The van der Waals surface area contributed by atoms with E-state index >= 15 is 0 Å². The fourth-order valence-electron chi connectivity index (χ4n) is 7.59. The van der Waals surface area contributed by atoms with Crippen molar-refractivity contribution < 1.29 is 4.42 Å². The molecule has 0 fully saturated rings. The van der Waals surface area contributed by atoms with Crippen LogP contribution in [0.4, 0.5) is 17.1 Å². The van der Waals surface area contributed by atoms with Crippen LogP contribution < -0.4 is 4.90 Å². The van der Waals surface area contributed by atoms with Crippen molar-refractivity contribution in [1.29, 1.82) is 0 Å². The Hall–Kier alpha value is -6.38. The van der Waals surface area contributed by atoms with Gasteiger partial charge >= 0.3 is 0 Å². The van der Waals surface area contributed by atoms with E-state index in [1.165, 1.54) is 54.2 Å². The van der Waals surface area contributed by atoms with Crippen LogP contribution in [0, 0.1) is 0 Å². The van der Waals surface area contributed by atoms with Gasteiger partial charge in [0.05, 0.1) is 11.1 Å². The van der Waals surface area contributed by atoms with Gasteiger partial charge in [-0.25, -0.2) is 0 Å². The molecule has 1 aromatic heterocycles. The largest absolute Gasteiger partial charge is 0.456 e. The summed E-state index contributed by atoms with van der Waals surface area (Å²) >= 11 is 0. The molecule has 0 bridgehead atoms. The van der Waals surface area contributed by atoms with E-state index in [1.807, 2.05) is 12.1 Å². The van der Waals surface area contributed by atoms with Gasteiger partial charge in [0, 0.05) is 16.8 Å². The van der Waals surface area contributed by atoms with Gasteiger partial charge in [0.1, 0.15) is 11.2 Å². The number of nitrogens with zero attached hydrogens (tertiary/aromatic N) is 1. The Bertz CT molecular complexity index is 2840. The van der Waals surface area contributed by atoms with Gasteiger partial charge in [-0.1, -0.05) is 133 Å². The Morgan fingerprint density at radius 2 is 0.938 bits per heavy atom. The van der Waals surface area contributed by atoms with Gasteiger partial charge in [0.2, 0.25) is 0 Å². The Balaban J connectivity index is 1.18. The van der Waals surface area contributed by atoms with Crippen LogP contribution in [-0.4, -0.2) is 0 Å². The summed E-state index contributed by atoms with van der Waals surface area (Å²) in [6.07, 6.45) is 0. The minimum Gasteiger partial charge on any atom is -0.456 e. The molecule has 10 aromatic rings. The summed E-state index contributed by atoms with van der Waals surface area (Å²) in [7, 11) is 0. The van der Waals surface area contributed by atoms with Crippen LogP contribution in [0.3, 0.4) is 0 Å². The van der Waals surface area contributed by atoms with Crippen LogP contribution in [0.2, 0.25) is 0 Å². The summed E-state index contributed by atoms with van der Waals surface area (Å²) in [4.78, 5) is 2.38. The highest BCUT2D eigenvalue weighted by Crippen LogP contribution is 2.44.